The van der Waals surface area contributed by atoms with Crippen molar-refractivity contribution < 1.29 is 0 Å². The average molecular weight is 291 g/mol. The summed E-state index contributed by atoms with van der Waals surface area (Å²) in [5.41, 5.74) is 0.327. The van der Waals surface area contributed by atoms with Crippen molar-refractivity contribution in [2.75, 3.05) is 13.1 Å². The van der Waals surface area contributed by atoms with Crippen molar-refractivity contribution in [1.82, 2.24) is 4.90 Å². The molecule has 0 N–H and O–H groups in total. The molecule has 1 fully saturated rings. The summed E-state index contributed by atoms with van der Waals surface area (Å²) in [6, 6.07) is 0. The predicted octanol–water partition coefficient (Wildman–Crippen LogP) is 2.99. The summed E-state index contributed by atoms with van der Waals surface area (Å²) in [7, 11) is 0. The molecule has 0 radical (unpaired) electrons. The molecule has 2 aliphatic rings. The zero-order chi connectivity index (χ0) is 9.53. The molecular weight excluding hydrogens is 273 g/mol. The van der Waals surface area contributed by atoms with Gasteiger partial charge in [0, 0.05) is 0 Å². The van der Waals surface area contributed by atoms with Crippen LogP contribution in [0.4, 0.5) is 0 Å². The first-order chi connectivity index (χ1) is 6.06. The van der Waals surface area contributed by atoms with E-state index in [1.54, 1.807) is 0 Å². The fourth-order valence-corrected chi connectivity index (χ4v) is 3.03. The lowest BCUT2D eigenvalue weighted by Crippen LogP contribution is -2.62. The van der Waals surface area contributed by atoms with Gasteiger partial charge in [-0.3, -0.25) is 4.90 Å². The average Bonchev–Trinajstić information content (AvgIpc) is 2.16. The van der Waals surface area contributed by atoms with Crippen LogP contribution in [0.25, 0.3) is 0 Å². The maximum Gasteiger partial charge on any atom is 0.0590 e. The first kappa shape index (κ1) is 9.97. The smallest absolute Gasteiger partial charge is 0.0590 e. The summed E-state index contributed by atoms with van der Waals surface area (Å²) in [5, 5.41) is 0. The molecule has 0 amide bonds. The summed E-state index contributed by atoms with van der Waals surface area (Å²) in [4.78, 5) is 2.66. The van der Waals surface area contributed by atoms with Crippen LogP contribution in [0.1, 0.15) is 33.1 Å². The van der Waals surface area contributed by atoms with Gasteiger partial charge in [0.2, 0.25) is 0 Å². The minimum Gasteiger partial charge on any atom is -0.293 e. The lowest BCUT2D eigenvalue weighted by atomic mass is 9.75. The van der Waals surface area contributed by atoms with Crippen molar-refractivity contribution in [3.05, 3.63) is 12.2 Å². The zero-order valence-electron chi connectivity index (χ0n) is 8.52. The molecule has 0 spiro atoms. The summed E-state index contributed by atoms with van der Waals surface area (Å²) in [6.07, 6.45) is 8.91. The number of hydrogen-bond acceptors (Lipinski definition) is 1. The maximum atomic E-state index is 2.66. The van der Waals surface area contributed by atoms with Gasteiger partial charge in [-0.25, -0.2) is 0 Å². The Morgan fingerprint density at radius 2 is 1.69 bits per heavy atom. The number of likely N-dealkylation sites (tertiary alicyclic amines) is 1. The standard InChI is InChI=1S/C11H18IN/c1-10(12)6-7-11(10,2)13-8-4-3-5-9-13/h6-7H,3-5,8-9H2,1-2H3. The second kappa shape index (κ2) is 3.23. The number of rotatable bonds is 1. The van der Waals surface area contributed by atoms with Gasteiger partial charge in [0.05, 0.1) is 8.96 Å². The van der Waals surface area contributed by atoms with Crippen LogP contribution in [0, 0.1) is 0 Å². The van der Waals surface area contributed by atoms with Crippen molar-refractivity contribution in [2.24, 2.45) is 0 Å². The van der Waals surface area contributed by atoms with Crippen LogP contribution in [0.2, 0.25) is 0 Å². The molecule has 0 bridgehead atoms. The molecule has 0 aromatic carbocycles. The third-order valence-electron chi connectivity index (χ3n) is 3.72. The van der Waals surface area contributed by atoms with E-state index in [0.717, 1.165) is 0 Å². The van der Waals surface area contributed by atoms with Gasteiger partial charge >= 0.3 is 0 Å². The van der Waals surface area contributed by atoms with Gasteiger partial charge in [0.1, 0.15) is 0 Å². The van der Waals surface area contributed by atoms with E-state index >= 15 is 0 Å². The molecule has 2 rings (SSSR count). The first-order valence-electron chi connectivity index (χ1n) is 5.21. The zero-order valence-corrected chi connectivity index (χ0v) is 10.7. The van der Waals surface area contributed by atoms with E-state index < -0.39 is 0 Å². The van der Waals surface area contributed by atoms with E-state index in [1.165, 1.54) is 32.4 Å². The molecule has 1 saturated heterocycles. The molecule has 2 unspecified atom stereocenters. The summed E-state index contributed by atoms with van der Waals surface area (Å²) >= 11 is 2.58. The highest BCUT2D eigenvalue weighted by Crippen LogP contribution is 2.46. The van der Waals surface area contributed by atoms with E-state index in [0.29, 0.717) is 8.96 Å². The van der Waals surface area contributed by atoms with Gasteiger partial charge in [-0.15, -0.1) is 0 Å². The first-order valence-corrected chi connectivity index (χ1v) is 6.28. The van der Waals surface area contributed by atoms with Crippen molar-refractivity contribution in [3.63, 3.8) is 0 Å². The van der Waals surface area contributed by atoms with E-state index in [9.17, 15) is 0 Å². The van der Waals surface area contributed by atoms with Crippen molar-refractivity contribution in [2.45, 2.75) is 42.1 Å². The largest absolute Gasteiger partial charge is 0.293 e. The molecule has 2 atom stereocenters. The van der Waals surface area contributed by atoms with Gasteiger partial charge in [0.25, 0.3) is 0 Å². The molecule has 2 heteroatoms. The Kier molecular flexibility index (Phi) is 2.47. The highest BCUT2D eigenvalue weighted by Gasteiger charge is 2.49. The molecule has 0 aromatic heterocycles. The third-order valence-corrected chi connectivity index (χ3v) is 5.18. The lowest BCUT2D eigenvalue weighted by Gasteiger charge is -2.54. The maximum absolute atomic E-state index is 2.66. The Hall–Kier alpha value is 0.430. The monoisotopic (exact) mass is 291 g/mol. The lowest BCUT2D eigenvalue weighted by molar-refractivity contribution is 0.0919. The Bertz CT molecular complexity index is 228. The molecule has 0 aromatic rings. The van der Waals surface area contributed by atoms with Crippen LogP contribution >= 0.6 is 22.6 Å². The van der Waals surface area contributed by atoms with Crippen LogP contribution in [-0.2, 0) is 0 Å². The van der Waals surface area contributed by atoms with Crippen molar-refractivity contribution in [1.29, 1.82) is 0 Å². The van der Waals surface area contributed by atoms with E-state index in [-0.39, 0.29) is 0 Å². The summed E-state index contributed by atoms with van der Waals surface area (Å²) in [6.45, 7) is 7.30. The molecular formula is C11H18IN. The molecule has 1 aliphatic carbocycles. The Morgan fingerprint density at radius 3 is 2.08 bits per heavy atom. The van der Waals surface area contributed by atoms with Gasteiger partial charge in [0.15, 0.2) is 0 Å². The number of hydrogen-bond donors (Lipinski definition) is 0. The molecule has 0 saturated carbocycles. The fourth-order valence-electron chi connectivity index (χ4n) is 2.33. The highest BCUT2D eigenvalue weighted by molar-refractivity contribution is 14.1. The predicted molar refractivity (Wildman–Crippen MR) is 65.4 cm³/mol. The van der Waals surface area contributed by atoms with Crippen LogP contribution in [0.3, 0.4) is 0 Å². The van der Waals surface area contributed by atoms with Crippen LogP contribution in [-0.4, -0.2) is 27.0 Å². The molecule has 74 valence electrons. The number of nitrogens with zero attached hydrogens (tertiary/aromatic N) is 1. The second-order valence-corrected chi connectivity index (χ2v) is 6.85. The van der Waals surface area contributed by atoms with E-state index in [4.69, 9.17) is 0 Å². The van der Waals surface area contributed by atoms with Gasteiger partial charge < -0.3 is 0 Å². The number of halogens is 1. The van der Waals surface area contributed by atoms with E-state index in [1.807, 2.05) is 0 Å². The molecule has 1 heterocycles. The van der Waals surface area contributed by atoms with Gasteiger partial charge in [-0.2, -0.15) is 0 Å². The Morgan fingerprint density at radius 1 is 1.08 bits per heavy atom. The Balaban J connectivity index is 2.11. The normalized spacial score (nSPS) is 46.1. The fraction of sp³-hybridized carbons (Fsp3) is 0.818. The topological polar surface area (TPSA) is 3.24 Å². The van der Waals surface area contributed by atoms with E-state index in [2.05, 4.69) is 53.5 Å². The minimum atomic E-state index is 0.327. The van der Waals surface area contributed by atoms with Gasteiger partial charge in [-0.05, 0) is 39.8 Å². The number of piperidine rings is 1. The third kappa shape index (κ3) is 1.46. The molecule has 13 heavy (non-hydrogen) atoms. The van der Waals surface area contributed by atoms with Crippen molar-refractivity contribution >= 4 is 22.6 Å². The quantitative estimate of drug-likeness (QED) is 0.408. The van der Waals surface area contributed by atoms with Crippen molar-refractivity contribution in [3.8, 4) is 0 Å². The summed E-state index contributed by atoms with van der Waals surface area (Å²) < 4.78 is 0.349. The number of alkyl halides is 1. The van der Waals surface area contributed by atoms with Crippen LogP contribution in [0.5, 0.6) is 0 Å². The van der Waals surface area contributed by atoms with Crippen LogP contribution in [0.15, 0.2) is 12.2 Å². The van der Waals surface area contributed by atoms with Gasteiger partial charge in [-0.1, -0.05) is 41.2 Å². The Labute approximate surface area is 94.7 Å². The molecule has 1 nitrogen and oxygen atoms in total. The highest BCUT2D eigenvalue weighted by atomic mass is 127. The minimum absolute atomic E-state index is 0.327. The van der Waals surface area contributed by atoms with Crippen LogP contribution < -0.4 is 0 Å². The molecule has 1 aliphatic heterocycles. The SMILES string of the molecule is CC1(I)C=CC1(C)N1CCCCC1. The second-order valence-electron chi connectivity index (χ2n) is 4.60. The summed E-state index contributed by atoms with van der Waals surface area (Å²) in [5.74, 6) is 0.